The molecule has 0 bridgehead atoms. The predicted molar refractivity (Wildman–Crippen MR) is 59.2 cm³/mol. The van der Waals surface area contributed by atoms with E-state index in [1.54, 1.807) is 0 Å². The average Bonchev–Trinajstić information content (AvgIpc) is 2.29. The smallest absolute Gasteiger partial charge is 0.159 e. The summed E-state index contributed by atoms with van der Waals surface area (Å²) >= 11 is 0. The van der Waals surface area contributed by atoms with E-state index >= 15 is 0 Å². The summed E-state index contributed by atoms with van der Waals surface area (Å²) in [5.74, 6) is 5.77. The highest BCUT2D eigenvalue weighted by Crippen LogP contribution is 1.98. The quantitative estimate of drug-likeness (QED) is 0.752. The second kappa shape index (κ2) is 6.80. The SMILES string of the molecule is O=C(CO)CCC#CCc1ccccc1. The number of aliphatic hydroxyl groups is 1. The first-order valence-corrected chi connectivity index (χ1v) is 4.95. The molecule has 78 valence electrons. The molecule has 1 N–H and O–H groups in total. The minimum absolute atomic E-state index is 0.149. The van der Waals surface area contributed by atoms with Crippen molar-refractivity contribution in [1.29, 1.82) is 0 Å². The zero-order valence-electron chi connectivity index (χ0n) is 8.57. The van der Waals surface area contributed by atoms with Crippen molar-refractivity contribution in [2.75, 3.05) is 6.61 Å². The number of ketones is 1. The Labute approximate surface area is 89.9 Å². The Morgan fingerprint density at radius 1 is 1.20 bits per heavy atom. The van der Waals surface area contributed by atoms with Gasteiger partial charge in [0.1, 0.15) is 6.61 Å². The van der Waals surface area contributed by atoms with Crippen LogP contribution in [0.4, 0.5) is 0 Å². The van der Waals surface area contributed by atoms with Crippen molar-refractivity contribution in [3.8, 4) is 11.8 Å². The molecule has 0 aliphatic rings. The Balaban J connectivity index is 2.26. The molecule has 0 unspecified atom stereocenters. The normalized spacial score (nSPS) is 9.13. The van der Waals surface area contributed by atoms with Crippen molar-refractivity contribution in [2.45, 2.75) is 19.3 Å². The molecule has 0 aliphatic carbocycles. The lowest BCUT2D eigenvalue weighted by Gasteiger charge is -1.91. The maximum atomic E-state index is 10.7. The number of benzene rings is 1. The summed E-state index contributed by atoms with van der Waals surface area (Å²) in [6, 6.07) is 9.97. The lowest BCUT2D eigenvalue weighted by molar-refractivity contribution is -0.121. The topological polar surface area (TPSA) is 37.3 Å². The van der Waals surface area contributed by atoms with Crippen LogP contribution in [0.3, 0.4) is 0 Å². The number of hydrogen-bond donors (Lipinski definition) is 1. The van der Waals surface area contributed by atoms with E-state index < -0.39 is 0 Å². The van der Waals surface area contributed by atoms with Gasteiger partial charge in [0.25, 0.3) is 0 Å². The van der Waals surface area contributed by atoms with Gasteiger partial charge in [-0.3, -0.25) is 4.79 Å². The molecule has 2 nitrogen and oxygen atoms in total. The van der Waals surface area contributed by atoms with E-state index in [1.165, 1.54) is 5.56 Å². The molecule has 0 aromatic heterocycles. The Kier molecular flexibility index (Phi) is 5.21. The molecule has 15 heavy (non-hydrogen) atoms. The van der Waals surface area contributed by atoms with E-state index in [1.807, 2.05) is 30.3 Å². The molecule has 0 spiro atoms. The molecule has 0 saturated heterocycles. The number of aliphatic hydroxyl groups excluding tert-OH is 1. The Morgan fingerprint density at radius 2 is 1.93 bits per heavy atom. The van der Waals surface area contributed by atoms with Gasteiger partial charge >= 0.3 is 0 Å². The summed E-state index contributed by atoms with van der Waals surface area (Å²) in [5, 5.41) is 8.47. The molecular weight excluding hydrogens is 188 g/mol. The first-order valence-electron chi connectivity index (χ1n) is 4.95. The fourth-order valence-electron chi connectivity index (χ4n) is 1.13. The lowest BCUT2D eigenvalue weighted by Crippen LogP contribution is -2.01. The van der Waals surface area contributed by atoms with Crippen LogP contribution in [-0.2, 0) is 11.2 Å². The number of rotatable bonds is 4. The maximum absolute atomic E-state index is 10.7. The molecule has 2 heteroatoms. The van der Waals surface area contributed by atoms with Crippen LogP contribution >= 0.6 is 0 Å². The van der Waals surface area contributed by atoms with Crippen molar-refractivity contribution in [2.24, 2.45) is 0 Å². The fraction of sp³-hybridized carbons (Fsp3) is 0.308. The van der Waals surface area contributed by atoms with Crippen molar-refractivity contribution in [1.82, 2.24) is 0 Å². The van der Waals surface area contributed by atoms with E-state index in [0.717, 1.165) is 0 Å². The second-order valence-corrected chi connectivity index (χ2v) is 3.21. The molecule has 1 rings (SSSR count). The van der Waals surface area contributed by atoms with E-state index in [-0.39, 0.29) is 12.4 Å². The summed E-state index contributed by atoms with van der Waals surface area (Å²) in [7, 11) is 0. The van der Waals surface area contributed by atoms with Crippen LogP contribution in [0.2, 0.25) is 0 Å². The van der Waals surface area contributed by atoms with Gasteiger partial charge in [0.2, 0.25) is 0 Å². The van der Waals surface area contributed by atoms with Gasteiger partial charge in [-0.05, 0) is 5.56 Å². The number of carbonyl (C=O) groups is 1. The summed E-state index contributed by atoms with van der Waals surface area (Å²) < 4.78 is 0. The maximum Gasteiger partial charge on any atom is 0.159 e. The van der Waals surface area contributed by atoms with E-state index in [4.69, 9.17) is 5.11 Å². The molecule has 0 radical (unpaired) electrons. The molecule has 1 aromatic rings. The van der Waals surface area contributed by atoms with Crippen LogP contribution in [0.15, 0.2) is 30.3 Å². The van der Waals surface area contributed by atoms with Crippen LogP contribution in [0.1, 0.15) is 18.4 Å². The van der Waals surface area contributed by atoms with E-state index in [2.05, 4.69) is 11.8 Å². The highest BCUT2D eigenvalue weighted by molar-refractivity contribution is 5.79. The molecule has 0 fully saturated rings. The first-order chi connectivity index (χ1) is 7.33. The molecule has 0 heterocycles. The third-order valence-corrected chi connectivity index (χ3v) is 1.97. The van der Waals surface area contributed by atoms with Crippen LogP contribution < -0.4 is 0 Å². The lowest BCUT2D eigenvalue weighted by atomic mass is 10.1. The minimum Gasteiger partial charge on any atom is -0.389 e. The van der Waals surface area contributed by atoms with E-state index in [0.29, 0.717) is 19.3 Å². The summed E-state index contributed by atoms with van der Waals surface area (Å²) in [5.41, 5.74) is 1.18. The Morgan fingerprint density at radius 3 is 2.60 bits per heavy atom. The van der Waals surface area contributed by atoms with Gasteiger partial charge in [0.05, 0.1) is 0 Å². The van der Waals surface area contributed by atoms with Crippen molar-refractivity contribution < 1.29 is 9.90 Å². The van der Waals surface area contributed by atoms with Crippen molar-refractivity contribution in [3.05, 3.63) is 35.9 Å². The molecule has 1 aromatic carbocycles. The van der Waals surface area contributed by atoms with Crippen LogP contribution in [0.5, 0.6) is 0 Å². The standard InChI is InChI=1S/C13H14O2/c14-11-13(15)10-6-2-5-9-12-7-3-1-4-8-12/h1,3-4,7-8,14H,6,9-11H2. The average molecular weight is 202 g/mol. The summed E-state index contributed by atoms with van der Waals surface area (Å²) in [6.45, 7) is -0.375. The summed E-state index contributed by atoms with van der Waals surface area (Å²) in [6.07, 6.45) is 1.60. The zero-order chi connectivity index (χ0) is 10.9. The van der Waals surface area contributed by atoms with Gasteiger partial charge in [-0.25, -0.2) is 0 Å². The number of Topliss-reactive ketones (excluding diaryl/α,β-unsaturated/α-hetero) is 1. The highest BCUT2D eigenvalue weighted by atomic mass is 16.3. The molecule has 0 amide bonds. The summed E-state index contributed by atoms with van der Waals surface area (Å²) in [4.78, 5) is 10.7. The highest BCUT2D eigenvalue weighted by Gasteiger charge is 1.95. The van der Waals surface area contributed by atoms with Gasteiger partial charge < -0.3 is 5.11 Å². The van der Waals surface area contributed by atoms with Gasteiger partial charge in [-0.1, -0.05) is 36.3 Å². The molecule has 0 aliphatic heterocycles. The largest absolute Gasteiger partial charge is 0.389 e. The third kappa shape index (κ3) is 4.99. The zero-order valence-corrected chi connectivity index (χ0v) is 8.57. The number of hydrogen-bond acceptors (Lipinski definition) is 2. The Bertz CT molecular complexity index is 357. The number of carbonyl (C=O) groups excluding carboxylic acids is 1. The van der Waals surface area contributed by atoms with Crippen molar-refractivity contribution in [3.63, 3.8) is 0 Å². The van der Waals surface area contributed by atoms with Gasteiger partial charge in [0, 0.05) is 19.3 Å². The van der Waals surface area contributed by atoms with Crippen LogP contribution in [-0.4, -0.2) is 17.5 Å². The molecule has 0 saturated carbocycles. The van der Waals surface area contributed by atoms with E-state index in [9.17, 15) is 4.79 Å². The third-order valence-electron chi connectivity index (χ3n) is 1.97. The van der Waals surface area contributed by atoms with Gasteiger partial charge in [-0.15, -0.1) is 5.92 Å². The predicted octanol–water partition coefficient (Wildman–Crippen LogP) is 1.57. The second-order valence-electron chi connectivity index (χ2n) is 3.21. The monoisotopic (exact) mass is 202 g/mol. The van der Waals surface area contributed by atoms with Gasteiger partial charge in [0.15, 0.2) is 5.78 Å². The molecule has 0 atom stereocenters. The van der Waals surface area contributed by atoms with Crippen LogP contribution in [0, 0.1) is 11.8 Å². The van der Waals surface area contributed by atoms with Crippen LogP contribution in [0.25, 0.3) is 0 Å². The fourth-order valence-corrected chi connectivity index (χ4v) is 1.13. The minimum atomic E-state index is -0.375. The first kappa shape index (κ1) is 11.5. The van der Waals surface area contributed by atoms with Gasteiger partial charge in [-0.2, -0.15) is 0 Å². The molecular formula is C13H14O2. The van der Waals surface area contributed by atoms with Crippen molar-refractivity contribution >= 4 is 5.78 Å². The Hall–Kier alpha value is -1.59.